The minimum absolute atomic E-state index is 0.0103. The molecule has 1 N–H and O–H groups in total. The lowest BCUT2D eigenvalue weighted by Gasteiger charge is -2.07. The molecule has 2 heterocycles. The molecule has 0 unspecified atom stereocenters. The quantitative estimate of drug-likeness (QED) is 0.729. The maximum absolute atomic E-state index is 11.9. The number of nitrogens with zero attached hydrogens (tertiary/aromatic N) is 4. The molecule has 7 nitrogen and oxygen atoms in total. The summed E-state index contributed by atoms with van der Waals surface area (Å²) in [5.41, 5.74) is -0.000937. The van der Waals surface area contributed by atoms with Crippen LogP contribution in [0, 0.1) is 0 Å². The molecular weight excluding hydrogens is 224 g/mol. The van der Waals surface area contributed by atoms with Gasteiger partial charge in [-0.15, -0.1) is 0 Å². The predicted octanol–water partition coefficient (Wildman–Crippen LogP) is -1.18. The van der Waals surface area contributed by atoms with Crippen LogP contribution in [0.4, 0.5) is 0 Å². The van der Waals surface area contributed by atoms with Crippen LogP contribution in [0.2, 0.25) is 0 Å². The first-order valence-corrected chi connectivity index (χ1v) is 5.29. The predicted molar refractivity (Wildman–Crippen MR) is 61.9 cm³/mol. The molecule has 92 valence electrons. The lowest BCUT2D eigenvalue weighted by atomic mass is 10.4. The van der Waals surface area contributed by atoms with Gasteiger partial charge in [0.2, 0.25) is 0 Å². The fourth-order valence-corrected chi connectivity index (χ4v) is 1.81. The third-order valence-corrected chi connectivity index (χ3v) is 2.74. The first kappa shape index (κ1) is 11.6. The van der Waals surface area contributed by atoms with Crippen LogP contribution in [0.5, 0.6) is 0 Å². The number of imidazole rings is 1. The van der Waals surface area contributed by atoms with Crippen LogP contribution in [-0.4, -0.2) is 30.4 Å². The fraction of sp³-hybridized carbons (Fsp3) is 0.500. The largest absolute Gasteiger partial charge is 0.396 e. The molecule has 17 heavy (non-hydrogen) atoms. The summed E-state index contributed by atoms with van der Waals surface area (Å²) >= 11 is 0. The monoisotopic (exact) mass is 238 g/mol. The highest BCUT2D eigenvalue weighted by atomic mass is 16.3. The maximum atomic E-state index is 11.9. The van der Waals surface area contributed by atoms with Gasteiger partial charge >= 0.3 is 5.69 Å². The Hall–Kier alpha value is -1.89. The third kappa shape index (κ3) is 1.68. The molecule has 0 radical (unpaired) electrons. The normalized spacial score (nSPS) is 11.2. The van der Waals surface area contributed by atoms with Crippen LogP contribution in [-0.2, 0) is 20.6 Å². The van der Waals surface area contributed by atoms with Crippen molar-refractivity contribution in [3.8, 4) is 0 Å². The SMILES string of the molecule is Cn1c(=O)c2c(ncn2C)n(CCCO)c1=O. The molecule has 0 bridgehead atoms. The van der Waals surface area contributed by atoms with Gasteiger partial charge in [0.25, 0.3) is 5.56 Å². The molecule has 0 atom stereocenters. The van der Waals surface area contributed by atoms with Crippen LogP contribution < -0.4 is 11.2 Å². The topological polar surface area (TPSA) is 82.1 Å². The van der Waals surface area contributed by atoms with Crippen molar-refractivity contribution in [1.29, 1.82) is 0 Å². The molecule has 2 aromatic rings. The standard InChI is InChI=1S/C10H14N4O3/c1-12-6-11-8-7(12)9(16)13(2)10(17)14(8)4-3-5-15/h6,15H,3-5H2,1-2H3. The molecule has 0 saturated carbocycles. The Morgan fingerprint density at radius 2 is 2.06 bits per heavy atom. The van der Waals surface area contributed by atoms with E-state index in [0.717, 1.165) is 4.57 Å². The van der Waals surface area contributed by atoms with Gasteiger partial charge in [-0.2, -0.15) is 0 Å². The minimum atomic E-state index is -0.408. The zero-order valence-electron chi connectivity index (χ0n) is 9.75. The van der Waals surface area contributed by atoms with E-state index >= 15 is 0 Å². The smallest absolute Gasteiger partial charge is 0.332 e. The lowest BCUT2D eigenvalue weighted by molar-refractivity contribution is 0.279. The van der Waals surface area contributed by atoms with Gasteiger partial charge in [-0.3, -0.25) is 13.9 Å². The van der Waals surface area contributed by atoms with Crippen molar-refractivity contribution < 1.29 is 5.11 Å². The van der Waals surface area contributed by atoms with Gasteiger partial charge in [-0.25, -0.2) is 9.78 Å². The van der Waals surface area contributed by atoms with E-state index in [1.165, 1.54) is 17.9 Å². The Morgan fingerprint density at radius 3 is 2.71 bits per heavy atom. The van der Waals surface area contributed by atoms with E-state index in [1.54, 1.807) is 11.6 Å². The molecule has 0 spiro atoms. The van der Waals surface area contributed by atoms with E-state index < -0.39 is 5.69 Å². The second kappa shape index (κ2) is 4.17. The van der Waals surface area contributed by atoms with Crippen molar-refractivity contribution in [2.75, 3.05) is 6.61 Å². The number of hydrogen-bond acceptors (Lipinski definition) is 4. The number of rotatable bonds is 3. The summed E-state index contributed by atoms with van der Waals surface area (Å²) < 4.78 is 4.06. The highest BCUT2D eigenvalue weighted by molar-refractivity contribution is 5.69. The van der Waals surface area contributed by atoms with E-state index in [9.17, 15) is 9.59 Å². The van der Waals surface area contributed by atoms with Gasteiger partial charge in [0, 0.05) is 27.2 Å². The van der Waals surface area contributed by atoms with Crippen LogP contribution in [0.15, 0.2) is 15.9 Å². The Balaban J connectivity index is 2.82. The van der Waals surface area contributed by atoms with Crippen molar-refractivity contribution in [3.63, 3.8) is 0 Å². The molecule has 0 amide bonds. The summed E-state index contributed by atoms with van der Waals surface area (Å²) in [6.45, 7) is 0.334. The molecule has 0 aliphatic heterocycles. The molecule has 7 heteroatoms. The Kier molecular flexibility index (Phi) is 2.84. The molecule has 0 aromatic carbocycles. The number of hydrogen-bond donors (Lipinski definition) is 1. The van der Waals surface area contributed by atoms with Gasteiger partial charge < -0.3 is 9.67 Å². The van der Waals surface area contributed by atoms with E-state index in [-0.39, 0.29) is 12.2 Å². The van der Waals surface area contributed by atoms with Crippen molar-refractivity contribution in [2.24, 2.45) is 14.1 Å². The third-order valence-electron chi connectivity index (χ3n) is 2.74. The van der Waals surface area contributed by atoms with Crippen LogP contribution in [0.3, 0.4) is 0 Å². The fourth-order valence-electron chi connectivity index (χ4n) is 1.81. The van der Waals surface area contributed by atoms with Crippen LogP contribution in [0.25, 0.3) is 11.2 Å². The van der Waals surface area contributed by atoms with E-state index in [1.807, 2.05) is 0 Å². The maximum Gasteiger partial charge on any atom is 0.332 e. The van der Waals surface area contributed by atoms with Crippen molar-refractivity contribution in [2.45, 2.75) is 13.0 Å². The highest BCUT2D eigenvalue weighted by Crippen LogP contribution is 2.04. The lowest BCUT2D eigenvalue weighted by Crippen LogP contribution is -2.38. The summed E-state index contributed by atoms with van der Waals surface area (Å²) in [6, 6.07) is 0. The van der Waals surface area contributed by atoms with E-state index in [4.69, 9.17) is 5.11 Å². The number of fused-ring (bicyclic) bond motifs is 1. The molecular formula is C10H14N4O3. The number of aliphatic hydroxyl groups is 1. The Morgan fingerprint density at radius 1 is 1.35 bits per heavy atom. The summed E-state index contributed by atoms with van der Waals surface area (Å²) in [4.78, 5) is 27.9. The minimum Gasteiger partial charge on any atom is -0.396 e. The van der Waals surface area contributed by atoms with Crippen molar-refractivity contribution in [1.82, 2.24) is 18.7 Å². The summed E-state index contributed by atoms with van der Waals surface area (Å²) in [5, 5.41) is 8.81. The van der Waals surface area contributed by atoms with Crippen LogP contribution in [0.1, 0.15) is 6.42 Å². The molecule has 0 aliphatic rings. The van der Waals surface area contributed by atoms with Crippen molar-refractivity contribution >= 4 is 11.2 Å². The summed E-state index contributed by atoms with van der Waals surface area (Å²) in [7, 11) is 3.14. The van der Waals surface area contributed by atoms with Crippen molar-refractivity contribution in [3.05, 3.63) is 27.2 Å². The molecule has 0 fully saturated rings. The number of aromatic nitrogens is 4. The molecule has 2 rings (SSSR count). The highest BCUT2D eigenvalue weighted by Gasteiger charge is 2.14. The average Bonchev–Trinajstić information content (AvgIpc) is 2.69. The van der Waals surface area contributed by atoms with Crippen LogP contribution >= 0.6 is 0 Å². The number of aliphatic hydroxyl groups excluding tert-OH is 1. The van der Waals surface area contributed by atoms with E-state index in [2.05, 4.69) is 4.98 Å². The average molecular weight is 238 g/mol. The second-order valence-electron chi connectivity index (χ2n) is 3.90. The first-order valence-electron chi connectivity index (χ1n) is 5.29. The Labute approximate surface area is 96.6 Å². The first-order chi connectivity index (χ1) is 8.07. The zero-order valence-corrected chi connectivity index (χ0v) is 9.75. The van der Waals surface area contributed by atoms with Gasteiger partial charge in [-0.05, 0) is 6.42 Å². The molecule has 2 aromatic heterocycles. The second-order valence-corrected chi connectivity index (χ2v) is 3.90. The zero-order chi connectivity index (χ0) is 12.6. The van der Waals surface area contributed by atoms with Gasteiger partial charge in [0.1, 0.15) is 0 Å². The molecule has 0 saturated heterocycles. The van der Waals surface area contributed by atoms with Gasteiger partial charge in [0.05, 0.1) is 6.33 Å². The van der Waals surface area contributed by atoms with E-state index in [0.29, 0.717) is 24.1 Å². The Bertz CT molecular complexity index is 664. The van der Waals surface area contributed by atoms with Gasteiger partial charge in [-0.1, -0.05) is 0 Å². The summed E-state index contributed by atoms with van der Waals surface area (Å²) in [6.07, 6.45) is 1.95. The number of aryl methyl sites for hydroxylation is 2. The summed E-state index contributed by atoms with van der Waals surface area (Å²) in [5.74, 6) is 0. The van der Waals surface area contributed by atoms with Gasteiger partial charge in [0.15, 0.2) is 11.2 Å². The molecule has 0 aliphatic carbocycles.